The highest BCUT2D eigenvalue weighted by Gasteiger charge is 2.33. The van der Waals surface area contributed by atoms with E-state index in [9.17, 15) is 48.6 Å². The number of hydrogen-bond donors (Lipinski definition) is 8. The zero-order valence-electron chi connectivity index (χ0n) is 28.6. The highest BCUT2D eigenvalue weighted by atomic mass is 16.4. The number of carboxylic acids is 2. The first-order valence-electron chi connectivity index (χ1n) is 16.1. The standard InChI is InChI=1S/C33H50N6O10/c1-18(2)11-12-23(36-29(44)22(35-20(5)40)13-14-27(34)41)30(45)38-25(17-28(42)43)32(47)37-24(15-19(3)4)31(46)39-26(33(48)49)16-21-9-7-6-8-10-21/h6-10,18-19,22-26H,11-17H2,1-5H3,(H2,34,41)(H,35,40)(H,36,44)(H,37,47)(H,38,45)(H,39,46)(H,42,43)(H,48,49)/t22-,23-,24-,25-,26-/m0/s1. The summed E-state index contributed by atoms with van der Waals surface area (Å²) in [6, 6.07) is 1.83. The summed E-state index contributed by atoms with van der Waals surface area (Å²) in [6.07, 6.45) is -0.705. The minimum atomic E-state index is -1.69. The van der Waals surface area contributed by atoms with Gasteiger partial charge in [0.05, 0.1) is 6.42 Å². The predicted octanol–water partition coefficient (Wildman–Crippen LogP) is -0.0199. The number of carboxylic acid groups (broad SMARTS) is 2. The summed E-state index contributed by atoms with van der Waals surface area (Å²) < 4.78 is 0. The zero-order valence-corrected chi connectivity index (χ0v) is 28.6. The molecule has 5 atom stereocenters. The molecule has 6 amide bonds. The summed E-state index contributed by atoms with van der Waals surface area (Å²) in [5.74, 6) is -7.62. The van der Waals surface area contributed by atoms with E-state index in [1.165, 1.54) is 6.92 Å². The van der Waals surface area contributed by atoms with Gasteiger partial charge in [-0.3, -0.25) is 33.6 Å². The molecule has 0 unspecified atom stereocenters. The second kappa shape index (κ2) is 21.1. The minimum Gasteiger partial charge on any atom is -0.481 e. The molecule has 0 fully saturated rings. The fourth-order valence-corrected chi connectivity index (χ4v) is 4.80. The first-order chi connectivity index (χ1) is 22.9. The van der Waals surface area contributed by atoms with Crippen LogP contribution in [0.3, 0.4) is 0 Å². The molecule has 0 aliphatic rings. The summed E-state index contributed by atoms with van der Waals surface area (Å²) in [7, 11) is 0. The Morgan fingerprint density at radius 2 is 1.12 bits per heavy atom. The van der Waals surface area contributed by atoms with Gasteiger partial charge >= 0.3 is 11.9 Å². The number of rotatable bonds is 22. The van der Waals surface area contributed by atoms with Crippen LogP contribution >= 0.6 is 0 Å². The van der Waals surface area contributed by atoms with Crippen LogP contribution in [-0.4, -0.2) is 87.8 Å². The van der Waals surface area contributed by atoms with Gasteiger partial charge < -0.3 is 42.5 Å². The summed E-state index contributed by atoms with van der Waals surface area (Å²) in [4.78, 5) is 100. The largest absolute Gasteiger partial charge is 0.481 e. The van der Waals surface area contributed by atoms with Crippen LogP contribution < -0.4 is 32.3 Å². The lowest BCUT2D eigenvalue weighted by Crippen LogP contribution is -2.59. The zero-order chi connectivity index (χ0) is 37.3. The van der Waals surface area contributed by atoms with Gasteiger partial charge in [-0.05, 0) is 43.1 Å². The number of primary amides is 1. The SMILES string of the molecule is CC(=O)N[C@@H](CCC(N)=O)C(=O)N[C@@H](CCC(C)C)C(=O)N[C@@H](CC(=O)O)C(=O)N[C@@H](CC(C)C)C(=O)N[C@@H](Cc1ccccc1)C(=O)O. The Balaban J connectivity index is 3.23. The highest BCUT2D eigenvalue weighted by Crippen LogP contribution is 2.11. The predicted molar refractivity (Wildman–Crippen MR) is 177 cm³/mol. The Bertz CT molecular complexity index is 1320. The van der Waals surface area contributed by atoms with E-state index in [1.807, 2.05) is 13.8 Å². The van der Waals surface area contributed by atoms with Crippen molar-refractivity contribution in [1.29, 1.82) is 0 Å². The van der Waals surface area contributed by atoms with Crippen molar-refractivity contribution in [2.75, 3.05) is 0 Å². The van der Waals surface area contributed by atoms with Crippen molar-refractivity contribution in [3.8, 4) is 0 Å². The topological polar surface area (TPSA) is 263 Å². The number of nitrogens with one attached hydrogen (secondary N) is 5. The van der Waals surface area contributed by atoms with E-state index >= 15 is 0 Å². The molecule has 0 heterocycles. The second-order valence-corrected chi connectivity index (χ2v) is 12.7. The van der Waals surface area contributed by atoms with Crippen LogP contribution in [0.25, 0.3) is 0 Å². The summed E-state index contributed by atoms with van der Waals surface area (Å²) in [5.41, 5.74) is 5.84. The van der Waals surface area contributed by atoms with Crippen molar-refractivity contribution in [3.63, 3.8) is 0 Å². The molecule has 1 rings (SSSR count). The van der Waals surface area contributed by atoms with Crippen molar-refractivity contribution in [2.45, 2.75) is 110 Å². The van der Waals surface area contributed by atoms with Crippen molar-refractivity contribution >= 4 is 47.4 Å². The van der Waals surface area contributed by atoms with Crippen LogP contribution in [-0.2, 0) is 44.8 Å². The first kappa shape index (κ1) is 42.0. The van der Waals surface area contributed by atoms with E-state index in [0.717, 1.165) is 0 Å². The Labute approximate surface area is 285 Å². The first-order valence-corrected chi connectivity index (χ1v) is 16.1. The molecular formula is C33H50N6O10. The second-order valence-electron chi connectivity index (χ2n) is 12.7. The van der Waals surface area contributed by atoms with Crippen LogP contribution in [0.4, 0.5) is 0 Å². The smallest absolute Gasteiger partial charge is 0.326 e. The fraction of sp³-hybridized carbons (Fsp3) is 0.576. The van der Waals surface area contributed by atoms with Gasteiger partial charge in [-0.2, -0.15) is 0 Å². The Morgan fingerprint density at radius 1 is 0.633 bits per heavy atom. The molecule has 0 aliphatic heterocycles. The van der Waals surface area contributed by atoms with Gasteiger partial charge in [0.25, 0.3) is 0 Å². The Kier molecular flexibility index (Phi) is 18.0. The number of aliphatic carboxylic acids is 2. The third kappa shape index (κ3) is 17.1. The quantitative estimate of drug-likeness (QED) is 0.0806. The number of benzene rings is 1. The summed E-state index contributed by atoms with van der Waals surface area (Å²) in [6.45, 7) is 8.45. The van der Waals surface area contributed by atoms with Crippen LogP contribution in [0.2, 0.25) is 0 Å². The van der Waals surface area contributed by atoms with Gasteiger partial charge in [0.1, 0.15) is 30.2 Å². The maximum Gasteiger partial charge on any atom is 0.326 e. The molecule has 16 heteroatoms. The lowest BCUT2D eigenvalue weighted by Gasteiger charge is -2.27. The molecule has 1 aromatic rings. The molecule has 0 aromatic heterocycles. The summed E-state index contributed by atoms with van der Waals surface area (Å²) >= 11 is 0. The van der Waals surface area contributed by atoms with Crippen molar-refractivity contribution in [3.05, 3.63) is 35.9 Å². The normalized spacial score (nSPS) is 14.0. The monoisotopic (exact) mass is 690 g/mol. The van der Waals surface area contributed by atoms with Gasteiger partial charge in [0.15, 0.2) is 0 Å². The van der Waals surface area contributed by atoms with E-state index in [2.05, 4.69) is 26.6 Å². The van der Waals surface area contributed by atoms with Gasteiger partial charge in [0, 0.05) is 19.8 Å². The molecule has 0 saturated carbocycles. The lowest BCUT2D eigenvalue weighted by atomic mass is 10.00. The van der Waals surface area contributed by atoms with E-state index < -0.39 is 84.0 Å². The van der Waals surface area contributed by atoms with Gasteiger partial charge in [-0.1, -0.05) is 58.0 Å². The van der Waals surface area contributed by atoms with E-state index in [0.29, 0.717) is 12.0 Å². The fourth-order valence-electron chi connectivity index (χ4n) is 4.80. The maximum absolute atomic E-state index is 13.5. The molecule has 272 valence electrons. The average molecular weight is 691 g/mol. The molecule has 0 spiro atoms. The lowest BCUT2D eigenvalue weighted by molar-refractivity contribution is -0.143. The number of carbonyl (C=O) groups excluding carboxylic acids is 6. The summed E-state index contributed by atoms with van der Waals surface area (Å²) in [5, 5.41) is 31.5. The number of amides is 6. The molecule has 9 N–H and O–H groups in total. The van der Waals surface area contributed by atoms with Gasteiger partial charge in [0.2, 0.25) is 35.4 Å². The third-order valence-electron chi connectivity index (χ3n) is 7.29. The minimum absolute atomic E-state index is 0.0310. The molecule has 49 heavy (non-hydrogen) atoms. The number of hydrogen-bond acceptors (Lipinski definition) is 8. The molecule has 16 nitrogen and oxygen atoms in total. The Morgan fingerprint density at radius 3 is 1.61 bits per heavy atom. The van der Waals surface area contributed by atoms with Crippen LogP contribution in [0.1, 0.15) is 78.7 Å². The molecule has 0 saturated heterocycles. The van der Waals surface area contributed by atoms with E-state index in [1.54, 1.807) is 44.2 Å². The molecular weight excluding hydrogens is 640 g/mol. The average Bonchev–Trinajstić information content (AvgIpc) is 2.99. The highest BCUT2D eigenvalue weighted by molar-refractivity contribution is 5.97. The third-order valence-corrected chi connectivity index (χ3v) is 7.29. The molecule has 1 aromatic carbocycles. The molecule has 0 bridgehead atoms. The number of carbonyl (C=O) groups is 8. The molecule has 0 radical (unpaired) electrons. The number of nitrogens with two attached hydrogens (primary N) is 1. The van der Waals surface area contributed by atoms with Crippen molar-refractivity contribution in [2.24, 2.45) is 17.6 Å². The van der Waals surface area contributed by atoms with Gasteiger partial charge in [-0.25, -0.2) is 4.79 Å². The maximum atomic E-state index is 13.5. The van der Waals surface area contributed by atoms with Gasteiger partial charge in [-0.15, -0.1) is 0 Å². The van der Waals surface area contributed by atoms with Crippen LogP contribution in [0.15, 0.2) is 30.3 Å². The van der Waals surface area contributed by atoms with Crippen molar-refractivity contribution < 1.29 is 48.6 Å². The van der Waals surface area contributed by atoms with Crippen molar-refractivity contribution in [1.82, 2.24) is 26.6 Å². The van der Waals surface area contributed by atoms with Crippen LogP contribution in [0.5, 0.6) is 0 Å². The molecule has 0 aliphatic carbocycles. The Hall–Kier alpha value is -5.02. The van der Waals surface area contributed by atoms with E-state index in [4.69, 9.17) is 5.73 Å². The van der Waals surface area contributed by atoms with Crippen LogP contribution in [0, 0.1) is 11.8 Å². The van der Waals surface area contributed by atoms with E-state index in [-0.39, 0.29) is 43.9 Å².